The zero-order valence-corrected chi connectivity index (χ0v) is 8.26. The van der Waals surface area contributed by atoms with Crippen LogP contribution in [0.3, 0.4) is 0 Å². The fourth-order valence-corrected chi connectivity index (χ4v) is 1.57. The van der Waals surface area contributed by atoms with Crippen LogP contribution in [0.5, 0.6) is 0 Å². The van der Waals surface area contributed by atoms with E-state index >= 15 is 0 Å². The maximum atomic E-state index is 3.85. The molecule has 0 N–H and O–H groups in total. The molecule has 2 aromatic rings. The normalized spacial score (nSPS) is 10.1. The summed E-state index contributed by atoms with van der Waals surface area (Å²) in [7, 11) is 0. The average Bonchev–Trinajstić information content (AvgIpc) is 2.57. The van der Waals surface area contributed by atoms with Gasteiger partial charge in [0.05, 0.1) is 11.9 Å². The number of hydrogen-bond donors (Lipinski definition) is 0. The molecular formula is C8H5IN3. The number of benzene rings is 1. The molecule has 4 heteroatoms. The molecule has 0 bridgehead atoms. The molecule has 0 saturated carbocycles. The third-order valence-electron chi connectivity index (χ3n) is 1.48. The lowest BCUT2D eigenvalue weighted by Crippen LogP contribution is -1.96. The Hall–Kier alpha value is -0.910. The Bertz CT molecular complexity index is 370. The molecule has 0 unspecified atom stereocenters. The number of halogens is 1. The number of aromatic nitrogens is 3. The van der Waals surface area contributed by atoms with Gasteiger partial charge in [0.15, 0.2) is 0 Å². The van der Waals surface area contributed by atoms with Crippen molar-refractivity contribution in [3.05, 3.63) is 40.2 Å². The van der Waals surface area contributed by atoms with Crippen molar-refractivity contribution in [3.8, 4) is 5.69 Å². The summed E-state index contributed by atoms with van der Waals surface area (Å²) < 4.78 is 2.84. The van der Waals surface area contributed by atoms with Crippen LogP contribution < -0.4 is 0 Å². The van der Waals surface area contributed by atoms with Gasteiger partial charge in [0.2, 0.25) is 0 Å². The van der Waals surface area contributed by atoms with Crippen LogP contribution in [0, 0.1) is 9.77 Å². The molecule has 0 saturated heterocycles. The lowest BCUT2D eigenvalue weighted by molar-refractivity contribution is 0.799. The lowest BCUT2D eigenvalue weighted by Gasteiger charge is -2.00. The summed E-state index contributed by atoms with van der Waals surface area (Å²) in [5.74, 6) is 0. The van der Waals surface area contributed by atoms with Gasteiger partial charge in [-0.2, -0.15) is 0 Å². The van der Waals surface area contributed by atoms with Crippen molar-refractivity contribution in [2.75, 3.05) is 0 Å². The van der Waals surface area contributed by atoms with Crippen LogP contribution in [-0.2, 0) is 0 Å². The lowest BCUT2D eigenvalue weighted by atomic mass is 10.3. The largest absolute Gasteiger partial charge is 0.219 e. The zero-order chi connectivity index (χ0) is 8.39. The van der Waals surface area contributed by atoms with Crippen molar-refractivity contribution in [2.45, 2.75) is 0 Å². The van der Waals surface area contributed by atoms with Crippen LogP contribution in [0.4, 0.5) is 0 Å². The second-order valence-electron chi connectivity index (χ2n) is 2.24. The van der Waals surface area contributed by atoms with Crippen molar-refractivity contribution >= 4 is 22.6 Å². The Labute approximate surface area is 83.5 Å². The van der Waals surface area contributed by atoms with Crippen LogP contribution in [0.25, 0.3) is 5.69 Å². The first-order valence-electron chi connectivity index (χ1n) is 3.41. The second kappa shape index (κ2) is 3.22. The Morgan fingerprint density at radius 3 is 2.83 bits per heavy atom. The minimum absolute atomic E-state index is 1.03. The highest BCUT2D eigenvalue weighted by atomic mass is 127. The smallest absolute Gasteiger partial charge is 0.135 e. The fourth-order valence-electron chi connectivity index (χ4n) is 0.936. The summed E-state index contributed by atoms with van der Waals surface area (Å²) in [4.78, 5) is 0. The van der Waals surface area contributed by atoms with E-state index < -0.39 is 0 Å². The summed E-state index contributed by atoms with van der Waals surface area (Å²) in [5.41, 5.74) is 1.03. The molecule has 1 heterocycles. The van der Waals surface area contributed by atoms with E-state index in [1.807, 2.05) is 24.3 Å². The number of nitrogens with zero attached hydrogens (tertiary/aromatic N) is 3. The van der Waals surface area contributed by atoms with E-state index in [4.69, 9.17) is 0 Å². The SMILES string of the molecule is Ic1ccccc1-n1c[c]nn1. The maximum absolute atomic E-state index is 3.85. The average molecular weight is 270 g/mol. The van der Waals surface area contributed by atoms with E-state index in [2.05, 4.69) is 39.1 Å². The highest BCUT2D eigenvalue weighted by molar-refractivity contribution is 14.1. The predicted molar refractivity (Wildman–Crippen MR) is 52.9 cm³/mol. The predicted octanol–water partition coefficient (Wildman–Crippen LogP) is 1.67. The van der Waals surface area contributed by atoms with E-state index in [-0.39, 0.29) is 0 Å². The van der Waals surface area contributed by atoms with Gasteiger partial charge in [-0.15, -0.1) is 5.10 Å². The molecule has 1 radical (unpaired) electrons. The Morgan fingerprint density at radius 1 is 1.33 bits per heavy atom. The minimum atomic E-state index is 1.03. The highest BCUT2D eigenvalue weighted by Gasteiger charge is 1.99. The summed E-state index contributed by atoms with van der Waals surface area (Å²) in [6, 6.07) is 7.98. The van der Waals surface area contributed by atoms with Crippen molar-refractivity contribution in [2.24, 2.45) is 0 Å². The van der Waals surface area contributed by atoms with Crippen LogP contribution in [0.1, 0.15) is 0 Å². The third-order valence-corrected chi connectivity index (χ3v) is 2.39. The third kappa shape index (κ3) is 1.34. The molecule has 0 atom stereocenters. The molecule has 0 aliphatic carbocycles. The number of hydrogen-bond acceptors (Lipinski definition) is 2. The summed E-state index contributed by atoms with van der Waals surface area (Å²) in [6.07, 6.45) is 4.36. The van der Waals surface area contributed by atoms with E-state index in [0.717, 1.165) is 9.26 Å². The van der Waals surface area contributed by atoms with Gasteiger partial charge in [0, 0.05) is 3.57 Å². The van der Waals surface area contributed by atoms with Crippen molar-refractivity contribution in [1.82, 2.24) is 15.0 Å². The van der Waals surface area contributed by atoms with Crippen molar-refractivity contribution in [1.29, 1.82) is 0 Å². The molecular weight excluding hydrogens is 265 g/mol. The highest BCUT2D eigenvalue weighted by Crippen LogP contribution is 2.14. The van der Waals surface area contributed by atoms with Gasteiger partial charge < -0.3 is 0 Å². The van der Waals surface area contributed by atoms with E-state index in [1.165, 1.54) is 0 Å². The topological polar surface area (TPSA) is 30.7 Å². The van der Waals surface area contributed by atoms with Crippen LogP contribution in [0.2, 0.25) is 0 Å². The molecule has 0 aliphatic heterocycles. The van der Waals surface area contributed by atoms with E-state index in [0.29, 0.717) is 0 Å². The monoisotopic (exact) mass is 270 g/mol. The quantitative estimate of drug-likeness (QED) is 0.738. The molecule has 2 rings (SSSR count). The first-order chi connectivity index (χ1) is 5.88. The first-order valence-corrected chi connectivity index (χ1v) is 4.49. The van der Waals surface area contributed by atoms with Gasteiger partial charge in [-0.3, -0.25) is 0 Å². The van der Waals surface area contributed by atoms with Gasteiger partial charge >= 0.3 is 0 Å². The molecule has 0 spiro atoms. The fraction of sp³-hybridized carbons (Fsp3) is 0. The summed E-state index contributed by atoms with van der Waals surface area (Å²) in [6.45, 7) is 0. The van der Waals surface area contributed by atoms with Crippen LogP contribution in [0.15, 0.2) is 30.5 Å². The standard InChI is InChI=1S/C8H5IN3/c9-7-3-1-2-4-8(7)12-6-5-10-11-12/h1-4,6H. The Balaban J connectivity index is 2.55. The van der Waals surface area contributed by atoms with E-state index in [1.54, 1.807) is 10.9 Å². The molecule has 0 aliphatic rings. The second-order valence-corrected chi connectivity index (χ2v) is 3.41. The maximum Gasteiger partial charge on any atom is 0.135 e. The van der Waals surface area contributed by atoms with Gasteiger partial charge in [-0.25, -0.2) is 4.68 Å². The number of para-hydroxylation sites is 1. The van der Waals surface area contributed by atoms with Gasteiger partial charge in [0.25, 0.3) is 0 Å². The molecule has 1 aromatic heterocycles. The number of rotatable bonds is 1. The first kappa shape index (κ1) is 7.72. The van der Waals surface area contributed by atoms with Gasteiger partial charge in [-0.05, 0) is 34.7 Å². The van der Waals surface area contributed by atoms with Gasteiger partial charge in [0.1, 0.15) is 6.20 Å². The molecule has 1 aromatic carbocycles. The molecule has 3 nitrogen and oxygen atoms in total. The van der Waals surface area contributed by atoms with E-state index in [9.17, 15) is 0 Å². The van der Waals surface area contributed by atoms with Crippen molar-refractivity contribution in [3.63, 3.8) is 0 Å². The Morgan fingerprint density at radius 2 is 2.17 bits per heavy atom. The molecule has 0 fully saturated rings. The zero-order valence-electron chi connectivity index (χ0n) is 6.11. The van der Waals surface area contributed by atoms with Crippen LogP contribution >= 0.6 is 22.6 Å². The minimum Gasteiger partial charge on any atom is -0.219 e. The summed E-state index contributed by atoms with van der Waals surface area (Å²) >= 11 is 2.26. The Kier molecular flexibility index (Phi) is 2.07. The van der Waals surface area contributed by atoms with Crippen molar-refractivity contribution < 1.29 is 0 Å². The molecule has 12 heavy (non-hydrogen) atoms. The van der Waals surface area contributed by atoms with Gasteiger partial charge in [-0.1, -0.05) is 17.3 Å². The molecule has 59 valence electrons. The van der Waals surface area contributed by atoms with Crippen LogP contribution in [-0.4, -0.2) is 15.0 Å². The molecule has 0 amide bonds. The summed E-state index contributed by atoms with van der Waals surface area (Å²) in [5, 5.41) is 7.48.